The number of aliphatic imine (C=N–C) groups is 1. The zero-order chi connectivity index (χ0) is 32.8. The molecule has 8 aromatic rings. The number of nitrogens with one attached hydrogen (secondary N) is 3. The maximum atomic E-state index is 5.08. The van der Waals surface area contributed by atoms with Crippen LogP contribution in [0.1, 0.15) is 28.3 Å². The second-order valence-electron chi connectivity index (χ2n) is 13.3. The van der Waals surface area contributed by atoms with Gasteiger partial charge in [-0.2, -0.15) is 0 Å². The summed E-state index contributed by atoms with van der Waals surface area (Å²) in [5.74, 6) is 0. The first-order valence-electron chi connectivity index (χ1n) is 17.2. The van der Waals surface area contributed by atoms with Gasteiger partial charge < -0.3 is 16.0 Å². The highest BCUT2D eigenvalue weighted by molar-refractivity contribution is 6.24. The van der Waals surface area contributed by atoms with Crippen LogP contribution >= 0.6 is 0 Å². The standard InChI is InChI=1S/C44H30N6/c1-3-13-37-35(11-1)47-41-29-9-5-7-27-33(21-19-31(39(27)29)43(41)49-37)45-23-25-15-17-26(18-16-25)24-46-34-22-20-32-40-28(34)8-6-10-30(40)42-44(32)50-38-14-4-2-12-36(38)48-42/h1-22,41,45-47H,23-24H2. The molecule has 11 rings (SSSR count). The molecule has 236 valence electrons. The van der Waals surface area contributed by atoms with Crippen molar-refractivity contribution in [1.29, 1.82) is 0 Å². The van der Waals surface area contributed by atoms with E-state index in [4.69, 9.17) is 15.0 Å². The van der Waals surface area contributed by atoms with Crippen LogP contribution in [0.25, 0.3) is 55.1 Å². The molecule has 50 heavy (non-hydrogen) atoms. The first-order chi connectivity index (χ1) is 24.8. The smallest absolute Gasteiger partial charge is 0.0979 e. The molecule has 1 aromatic heterocycles. The quantitative estimate of drug-likeness (QED) is 0.168. The van der Waals surface area contributed by atoms with Gasteiger partial charge in [0.2, 0.25) is 0 Å². The maximum absolute atomic E-state index is 5.08. The van der Waals surface area contributed by atoms with E-state index in [2.05, 4.69) is 119 Å². The van der Waals surface area contributed by atoms with Crippen LogP contribution in [0.5, 0.6) is 0 Å². The van der Waals surface area contributed by atoms with Gasteiger partial charge in [-0.05, 0) is 58.5 Å². The van der Waals surface area contributed by atoms with Crippen LogP contribution < -0.4 is 16.0 Å². The molecule has 6 nitrogen and oxygen atoms in total. The molecule has 7 aromatic carbocycles. The third-order valence-electron chi connectivity index (χ3n) is 10.5. The lowest BCUT2D eigenvalue weighted by Crippen LogP contribution is -2.20. The second-order valence-corrected chi connectivity index (χ2v) is 13.3. The molecule has 0 radical (unpaired) electrons. The number of nitrogens with zero attached hydrogens (tertiary/aromatic N) is 3. The number of fused-ring (bicyclic) bond motifs is 8. The van der Waals surface area contributed by atoms with Crippen molar-refractivity contribution in [3.05, 3.63) is 156 Å². The van der Waals surface area contributed by atoms with E-state index in [1.807, 2.05) is 30.3 Å². The lowest BCUT2D eigenvalue weighted by atomic mass is 10.0. The molecule has 1 atom stereocenters. The Labute approximate surface area is 288 Å². The summed E-state index contributed by atoms with van der Waals surface area (Å²) in [4.78, 5) is 15.1. The number of rotatable bonds is 6. The molecule has 0 amide bonds. The third-order valence-corrected chi connectivity index (χ3v) is 10.5. The van der Waals surface area contributed by atoms with E-state index >= 15 is 0 Å². The van der Waals surface area contributed by atoms with Gasteiger partial charge >= 0.3 is 0 Å². The molecule has 0 fully saturated rings. The molecule has 2 heterocycles. The van der Waals surface area contributed by atoms with Gasteiger partial charge in [-0.25, -0.2) is 15.0 Å². The van der Waals surface area contributed by atoms with E-state index in [0.717, 1.165) is 75.1 Å². The zero-order valence-corrected chi connectivity index (χ0v) is 27.0. The normalized spacial score (nSPS) is 14.6. The first-order valence-corrected chi connectivity index (χ1v) is 17.2. The van der Waals surface area contributed by atoms with E-state index < -0.39 is 0 Å². The van der Waals surface area contributed by atoms with Gasteiger partial charge in [0, 0.05) is 57.3 Å². The Balaban J connectivity index is 0.818. The molecular formula is C44H30N6. The van der Waals surface area contributed by atoms with Crippen molar-refractivity contribution in [2.45, 2.75) is 19.1 Å². The van der Waals surface area contributed by atoms with Gasteiger partial charge in [-0.1, -0.05) is 97.1 Å². The lowest BCUT2D eigenvalue weighted by Gasteiger charge is -2.23. The lowest BCUT2D eigenvalue weighted by molar-refractivity contribution is 1.05. The van der Waals surface area contributed by atoms with E-state index in [9.17, 15) is 0 Å². The zero-order valence-electron chi connectivity index (χ0n) is 27.0. The summed E-state index contributed by atoms with van der Waals surface area (Å²) in [7, 11) is 0. The molecule has 0 bridgehead atoms. The van der Waals surface area contributed by atoms with Gasteiger partial charge in [0.15, 0.2) is 0 Å². The highest BCUT2D eigenvalue weighted by Gasteiger charge is 2.34. The molecule has 0 spiro atoms. The van der Waals surface area contributed by atoms with Crippen molar-refractivity contribution in [2.75, 3.05) is 16.0 Å². The summed E-state index contributed by atoms with van der Waals surface area (Å²) < 4.78 is 0. The highest BCUT2D eigenvalue weighted by atomic mass is 15.0. The van der Waals surface area contributed by atoms with Gasteiger partial charge in [-0.15, -0.1) is 0 Å². The summed E-state index contributed by atoms with van der Waals surface area (Å²) >= 11 is 0. The summed E-state index contributed by atoms with van der Waals surface area (Å²) in [5, 5.41) is 16.1. The second kappa shape index (κ2) is 10.5. The van der Waals surface area contributed by atoms with Gasteiger partial charge in [0.1, 0.15) is 0 Å². The Morgan fingerprint density at radius 2 is 1.12 bits per heavy atom. The van der Waals surface area contributed by atoms with Crippen molar-refractivity contribution >= 4 is 61.0 Å². The van der Waals surface area contributed by atoms with E-state index in [-0.39, 0.29) is 6.04 Å². The fourth-order valence-electron chi connectivity index (χ4n) is 8.10. The number of para-hydroxylation sites is 4. The van der Waals surface area contributed by atoms with E-state index in [1.54, 1.807) is 0 Å². The molecule has 0 saturated heterocycles. The first kappa shape index (κ1) is 27.4. The largest absolute Gasteiger partial charge is 0.380 e. The number of aromatic nitrogens is 2. The van der Waals surface area contributed by atoms with E-state index in [1.165, 1.54) is 43.8 Å². The summed E-state index contributed by atoms with van der Waals surface area (Å²) in [6, 6.07) is 47.3. The molecule has 1 aliphatic heterocycles. The van der Waals surface area contributed by atoms with Crippen LogP contribution in [0.4, 0.5) is 22.7 Å². The Kier molecular flexibility index (Phi) is 5.75. The minimum absolute atomic E-state index is 0.0798. The van der Waals surface area contributed by atoms with Gasteiger partial charge in [0.05, 0.1) is 45.5 Å². The molecule has 1 unspecified atom stereocenters. The van der Waals surface area contributed by atoms with Crippen LogP contribution in [0.2, 0.25) is 0 Å². The summed E-state index contributed by atoms with van der Waals surface area (Å²) in [6.45, 7) is 1.48. The minimum atomic E-state index is 0.0798. The minimum Gasteiger partial charge on any atom is -0.380 e. The average Bonchev–Trinajstić information content (AvgIpc) is 3.66. The number of hydrogen-bond donors (Lipinski definition) is 3. The van der Waals surface area contributed by atoms with Crippen molar-refractivity contribution < 1.29 is 0 Å². The Bertz CT molecular complexity index is 2700. The molecule has 2 aliphatic carbocycles. The van der Waals surface area contributed by atoms with Crippen LogP contribution in [-0.2, 0) is 13.1 Å². The van der Waals surface area contributed by atoms with Crippen LogP contribution in [-0.4, -0.2) is 15.7 Å². The van der Waals surface area contributed by atoms with Gasteiger partial charge in [0.25, 0.3) is 0 Å². The molecule has 3 N–H and O–H groups in total. The molecular weight excluding hydrogens is 613 g/mol. The average molecular weight is 643 g/mol. The third kappa shape index (κ3) is 4.05. The predicted molar refractivity (Wildman–Crippen MR) is 206 cm³/mol. The predicted octanol–water partition coefficient (Wildman–Crippen LogP) is 10.4. The SMILES string of the molecule is c1ccc2c(c1)N=C1c3ccc(NCc4ccc(CNc5ccc6c7c(cccc57)-c5nc7ccccc7nc5-6)cc4)c4cccc(c34)C1N2. The molecule has 0 saturated carbocycles. The Morgan fingerprint density at radius 1 is 0.520 bits per heavy atom. The topological polar surface area (TPSA) is 74.2 Å². The number of hydrogen-bond acceptors (Lipinski definition) is 6. The maximum Gasteiger partial charge on any atom is 0.0979 e. The van der Waals surface area contributed by atoms with Crippen molar-refractivity contribution in [3.8, 4) is 22.5 Å². The summed E-state index contributed by atoms with van der Waals surface area (Å²) in [6.07, 6.45) is 0. The number of benzene rings is 7. The molecule has 6 heteroatoms. The monoisotopic (exact) mass is 642 g/mol. The van der Waals surface area contributed by atoms with E-state index in [0.29, 0.717) is 0 Å². The van der Waals surface area contributed by atoms with Crippen molar-refractivity contribution in [1.82, 2.24) is 9.97 Å². The Hall–Kier alpha value is -6.53. The Morgan fingerprint density at radius 3 is 1.84 bits per heavy atom. The fraction of sp³-hybridized carbons (Fsp3) is 0.0682. The van der Waals surface area contributed by atoms with Crippen molar-refractivity contribution in [3.63, 3.8) is 0 Å². The van der Waals surface area contributed by atoms with Crippen LogP contribution in [0.3, 0.4) is 0 Å². The van der Waals surface area contributed by atoms with Crippen molar-refractivity contribution in [2.24, 2.45) is 4.99 Å². The van der Waals surface area contributed by atoms with Crippen LogP contribution in [0.15, 0.2) is 138 Å². The number of anilines is 3. The summed E-state index contributed by atoms with van der Waals surface area (Å²) in [5.41, 5.74) is 16.5. The van der Waals surface area contributed by atoms with Gasteiger partial charge in [-0.3, -0.25) is 0 Å². The van der Waals surface area contributed by atoms with Crippen LogP contribution in [0, 0.1) is 0 Å². The highest BCUT2D eigenvalue weighted by Crippen LogP contribution is 2.48. The fourth-order valence-corrected chi connectivity index (χ4v) is 8.10. The molecule has 3 aliphatic rings.